The maximum absolute atomic E-state index is 13.1. The van der Waals surface area contributed by atoms with Gasteiger partial charge in [-0.05, 0) is 6.58 Å². The lowest BCUT2D eigenvalue weighted by Crippen LogP contribution is -2.74. The molecule has 0 aromatic heterocycles. The summed E-state index contributed by atoms with van der Waals surface area (Å²) in [7, 11) is 0. The van der Waals surface area contributed by atoms with E-state index in [0.29, 0.717) is 0 Å². The van der Waals surface area contributed by atoms with E-state index in [1.165, 1.54) is 0 Å². The quantitative estimate of drug-likeness (QED) is 0.288. The molecule has 29 heavy (non-hydrogen) atoms. The Morgan fingerprint density at radius 3 is 0.931 bits per heavy atom. The first-order chi connectivity index (χ1) is 12.2. The van der Waals surface area contributed by atoms with Crippen LogP contribution in [0.5, 0.6) is 0 Å². The van der Waals surface area contributed by atoms with E-state index in [2.05, 4.69) is 0 Å². The van der Waals surface area contributed by atoms with Gasteiger partial charge in [0.1, 0.15) is 0 Å². The molecule has 0 bridgehead atoms. The molecule has 0 atom stereocenters. The van der Waals surface area contributed by atoms with Crippen molar-refractivity contribution >= 4 is 0 Å². The first-order valence-corrected chi connectivity index (χ1v) is 5.91. The maximum Gasteiger partial charge on any atom is 0.472 e. The van der Waals surface area contributed by atoms with Gasteiger partial charge in [0, 0.05) is 0 Å². The lowest BCUT2D eigenvalue weighted by atomic mass is 9.90. The summed E-state index contributed by atoms with van der Waals surface area (Å²) in [6.45, 7) is 1.62. The predicted octanol–water partition coefficient (Wildman–Crippen LogP) is 6.41. The highest BCUT2D eigenvalue weighted by molar-refractivity contribution is 5.14. The van der Waals surface area contributed by atoms with Gasteiger partial charge in [-0.25, -0.2) is 0 Å². The van der Waals surface area contributed by atoms with Crippen LogP contribution in [0.3, 0.4) is 0 Å². The lowest BCUT2D eigenvalue weighted by molar-refractivity contribution is -0.476. The number of alkyl halides is 17. The first-order valence-electron chi connectivity index (χ1n) is 5.91. The van der Waals surface area contributed by atoms with Gasteiger partial charge in [-0.2, -0.15) is 79.0 Å². The number of hydrogen-bond donors (Lipinski definition) is 0. The van der Waals surface area contributed by atoms with Crippen LogP contribution in [0.4, 0.5) is 79.0 Å². The SMILES string of the molecule is C=C(F)OC(F)(F)C(F)(F)C(F)(F)C(F)(F)C(F)(F)C(F)(F)C(F)(F)C(F)(F)F. The van der Waals surface area contributed by atoms with Crippen LogP contribution in [0.25, 0.3) is 0 Å². The summed E-state index contributed by atoms with van der Waals surface area (Å²) in [5.74, 6) is -50.9. The topological polar surface area (TPSA) is 9.23 Å². The molecular formula is C10H2F18O. The average Bonchev–Trinajstić information content (AvgIpc) is 2.43. The summed E-state index contributed by atoms with van der Waals surface area (Å²) in [6.07, 6.45) is -15.1. The van der Waals surface area contributed by atoms with Gasteiger partial charge in [-0.3, -0.25) is 0 Å². The first kappa shape index (κ1) is 27.3. The number of rotatable bonds is 8. The summed E-state index contributed by atoms with van der Waals surface area (Å²) < 4.78 is 230. The molecule has 0 aliphatic carbocycles. The van der Waals surface area contributed by atoms with Crippen LogP contribution in [0.1, 0.15) is 0 Å². The van der Waals surface area contributed by atoms with Gasteiger partial charge in [0.05, 0.1) is 0 Å². The number of ether oxygens (including phenoxy) is 1. The second kappa shape index (κ2) is 6.64. The van der Waals surface area contributed by atoms with Gasteiger partial charge in [-0.15, -0.1) is 0 Å². The Kier molecular flexibility index (Phi) is 6.25. The molecule has 0 aromatic carbocycles. The van der Waals surface area contributed by atoms with Crippen molar-refractivity contribution in [3.05, 3.63) is 12.6 Å². The van der Waals surface area contributed by atoms with Gasteiger partial charge < -0.3 is 4.74 Å². The van der Waals surface area contributed by atoms with Crippen LogP contribution in [0.2, 0.25) is 0 Å². The smallest absolute Gasteiger partial charge is 0.402 e. The third-order valence-electron chi connectivity index (χ3n) is 2.93. The second-order valence-corrected chi connectivity index (χ2v) is 4.92. The van der Waals surface area contributed by atoms with E-state index in [4.69, 9.17) is 0 Å². The van der Waals surface area contributed by atoms with Crippen molar-refractivity contribution in [2.45, 2.75) is 47.8 Å². The Labute approximate surface area is 145 Å². The van der Waals surface area contributed by atoms with Gasteiger partial charge >= 0.3 is 47.8 Å². The third-order valence-corrected chi connectivity index (χ3v) is 2.93. The molecule has 0 spiro atoms. The minimum atomic E-state index is -8.74. The molecule has 174 valence electrons. The molecular weight excluding hydrogens is 478 g/mol. The summed E-state index contributed by atoms with van der Waals surface area (Å²) in [5, 5.41) is 0. The maximum atomic E-state index is 13.1. The van der Waals surface area contributed by atoms with E-state index in [1.807, 2.05) is 4.74 Å². The fourth-order valence-corrected chi connectivity index (χ4v) is 1.35. The molecule has 1 nitrogen and oxygen atoms in total. The molecule has 19 heteroatoms. The monoisotopic (exact) mass is 480 g/mol. The normalized spacial score (nSPS) is 16.1. The minimum absolute atomic E-state index is 1.62. The lowest BCUT2D eigenvalue weighted by Gasteiger charge is -2.42. The summed E-state index contributed by atoms with van der Waals surface area (Å²) in [5.41, 5.74) is 0. The molecule has 0 saturated heterocycles. The third kappa shape index (κ3) is 3.53. The molecule has 0 aliphatic heterocycles. The van der Waals surface area contributed by atoms with E-state index in [0.717, 1.165) is 0 Å². The largest absolute Gasteiger partial charge is 0.472 e. The van der Waals surface area contributed by atoms with Gasteiger partial charge in [0.15, 0.2) is 0 Å². The molecule has 0 aliphatic rings. The van der Waals surface area contributed by atoms with Crippen LogP contribution in [0.15, 0.2) is 12.6 Å². The van der Waals surface area contributed by atoms with Crippen molar-refractivity contribution in [3.8, 4) is 0 Å². The number of hydrogen-bond acceptors (Lipinski definition) is 1. The Bertz CT molecular complexity index is 627. The zero-order chi connectivity index (χ0) is 24.3. The second-order valence-electron chi connectivity index (χ2n) is 4.92. The highest BCUT2D eigenvalue weighted by Gasteiger charge is 2.95. The summed E-state index contributed by atoms with van der Waals surface area (Å²) in [4.78, 5) is 0. The van der Waals surface area contributed by atoms with Gasteiger partial charge in [0.2, 0.25) is 0 Å². The molecule has 0 heterocycles. The van der Waals surface area contributed by atoms with E-state index >= 15 is 0 Å². The molecule has 0 unspecified atom stereocenters. The fourth-order valence-electron chi connectivity index (χ4n) is 1.35. The Morgan fingerprint density at radius 2 is 0.690 bits per heavy atom. The Balaban J connectivity index is 6.69. The van der Waals surface area contributed by atoms with Crippen LogP contribution < -0.4 is 0 Å². The molecule has 0 N–H and O–H groups in total. The van der Waals surface area contributed by atoms with Crippen molar-refractivity contribution < 1.29 is 83.8 Å². The van der Waals surface area contributed by atoms with Gasteiger partial charge in [0.25, 0.3) is 6.01 Å². The molecule has 0 aromatic rings. The Hall–Kier alpha value is -1.72. The van der Waals surface area contributed by atoms with E-state index in [1.54, 1.807) is 6.58 Å². The summed E-state index contributed by atoms with van der Waals surface area (Å²) >= 11 is 0. The van der Waals surface area contributed by atoms with Crippen molar-refractivity contribution in [2.75, 3.05) is 0 Å². The molecule has 0 saturated carbocycles. The van der Waals surface area contributed by atoms with E-state index in [-0.39, 0.29) is 0 Å². The van der Waals surface area contributed by atoms with Crippen LogP contribution in [0, 0.1) is 0 Å². The van der Waals surface area contributed by atoms with Crippen LogP contribution in [-0.2, 0) is 4.74 Å². The zero-order valence-corrected chi connectivity index (χ0v) is 12.4. The van der Waals surface area contributed by atoms with Crippen molar-refractivity contribution in [1.82, 2.24) is 0 Å². The van der Waals surface area contributed by atoms with E-state index < -0.39 is 53.8 Å². The van der Waals surface area contributed by atoms with Crippen molar-refractivity contribution in [1.29, 1.82) is 0 Å². The standard InChI is InChI=1S/C10H2F18O/c1-2(11)29-10(27,28)8(22,23)6(18,19)4(14,15)3(12,13)5(16,17)7(20,21)9(24,25)26/h1H2. The average molecular weight is 480 g/mol. The molecule has 0 fully saturated rings. The zero-order valence-electron chi connectivity index (χ0n) is 12.4. The van der Waals surface area contributed by atoms with Gasteiger partial charge in [-0.1, -0.05) is 0 Å². The van der Waals surface area contributed by atoms with Crippen LogP contribution >= 0.6 is 0 Å². The minimum Gasteiger partial charge on any atom is -0.402 e. The molecule has 0 amide bonds. The highest BCUT2D eigenvalue weighted by atomic mass is 19.4. The highest BCUT2D eigenvalue weighted by Crippen LogP contribution is 2.64. The van der Waals surface area contributed by atoms with Crippen molar-refractivity contribution in [2.24, 2.45) is 0 Å². The summed E-state index contributed by atoms with van der Waals surface area (Å²) in [6, 6.07) is -3.13. The number of halogens is 18. The molecule has 0 radical (unpaired) electrons. The van der Waals surface area contributed by atoms with Crippen molar-refractivity contribution in [3.63, 3.8) is 0 Å². The predicted molar refractivity (Wildman–Crippen MR) is 52.0 cm³/mol. The Morgan fingerprint density at radius 1 is 0.448 bits per heavy atom. The fraction of sp³-hybridized carbons (Fsp3) is 0.800. The van der Waals surface area contributed by atoms with Crippen LogP contribution in [-0.4, -0.2) is 47.8 Å². The van der Waals surface area contributed by atoms with E-state index in [9.17, 15) is 79.0 Å². The molecule has 0 rings (SSSR count).